The Bertz CT molecular complexity index is 254. The highest BCUT2D eigenvalue weighted by Crippen LogP contribution is 1.97. The van der Waals surface area contributed by atoms with Crippen molar-refractivity contribution in [1.29, 1.82) is 0 Å². The average Bonchev–Trinajstić information content (AvgIpc) is 2.24. The predicted octanol–water partition coefficient (Wildman–Crippen LogP) is 1.46. The molecule has 0 aliphatic carbocycles. The Morgan fingerprint density at radius 3 is 2.62 bits per heavy atom. The van der Waals surface area contributed by atoms with E-state index in [1.807, 2.05) is 6.92 Å². The van der Waals surface area contributed by atoms with Crippen LogP contribution in [0.5, 0.6) is 0 Å². The van der Waals surface area contributed by atoms with Crippen molar-refractivity contribution >= 4 is 12.0 Å². The number of hydrogen-bond acceptors (Lipinski definition) is 2. The molecule has 0 saturated heterocycles. The minimum absolute atomic E-state index is 0.225. The van der Waals surface area contributed by atoms with Crippen LogP contribution in [-0.4, -0.2) is 41.6 Å². The highest BCUT2D eigenvalue weighted by molar-refractivity contribution is 5.82. The molecule has 0 aromatic carbocycles. The van der Waals surface area contributed by atoms with E-state index in [9.17, 15) is 9.59 Å². The van der Waals surface area contributed by atoms with Gasteiger partial charge in [0.2, 0.25) is 0 Å². The molecule has 92 valence electrons. The summed E-state index contributed by atoms with van der Waals surface area (Å²) in [6.45, 7) is 6.12. The highest BCUT2D eigenvalue weighted by Gasteiger charge is 2.19. The number of nitrogens with zero attached hydrogens (tertiary/aromatic N) is 1. The smallest absolute Gasteiger partial charge is 0.326 e. The summed E-state index contributed by atoms with van der Waals surface area (Å²) in [7, 11) is 1.65. The third-order valence-corrected chi connectivity index (χ3v) is 2.19. The second-order valence-corrected chi connectivity index (χ2v) is 3.64. The van der Waals surface area contributed by atoms with Gasteiger partial charge in [-0.2, -0.15) is 0 Å². The fourth-order valence-corrected chi connectivity index (χ4v) is 1.14. The van der Waals surface area contributed by atoms with E-state index in [1.165, 1.54) is 11.0 Å². The van der Waals surface area contributed by atoms with Crippen LogP contribution in [0.3, 0.4) is 0 Å². The van der Waals surface area contributed by atoms with Crippen LogP contribution in [0.15, 0.2) is 12.7 Å². The molecule has 1 unspecified atom stereocenters. The van der Waals surface area contributed by atoms with Crippen molar-refractivity contribution < 1.29 is 14.7 Å². The van der Waals surface area contributed by atoms with E-state index < -0.39 is 12.0 Å². The second-order valence-electron chi connectivity index (χ2n) is 3.64. The summed E-state index contributed by atoms with van der Waals surface area (Å²) in [5.74, 6) is -1.04. The van der Waals surface area contributed by atoms with Gasteiger partial charge in [-0.05, 0) is 12.8 Å². The van der Waals surface area contributed by atoms with Crippen molar-refractivity contribution in [2.45, 2.75) is 32.2 Å². The number of nitrogens with one attached hydrogen (secondary N) is 1. The molecule has 0 heterocycles. The average molecular weight is 228 g/mol. The standard InChI is InChI=1S/C11H20N2O3/c1-4-6-8-13(3)11(16)12-9(7-5-2)10(14)15/h5,9H,2,4,6-8H2,1,3H3,(H,12,16)(H,14,15). The summed E-state index contributed by atoms with van der Waals surface area (Å²) in [5, 5.41) is 11.3. The molecular formula is C11H20N2O3. The second kappa shape index (κ2) is 7.73. The Hall–Kier alpha value is -1.52. The number of aliphatic carboxylic acids is 1. The van der Waals surface area contributed by atoms with E-state index in [2.05, 4.69) is 11.9 Å². The SMILES string of the molecule is C=CCC(NC(=O)N(C)CCCC)C(=O)O. The number of carboxylic acids is 1. The van der Waals surface area contributed by atoms with E-state index in [0.717, 1.165) is 12.8 Å². The van der Waals surface area contributed by atoms with E-state index >= 15 is 0 Å². The highest BCUT2D eigenvalue weighted by atomic mass is 16.4. The molecule has 0 aliphatic rings. The monoisotopic (exact) mass is 228 g/mol. The number of amides is 2. The van der Waals surface area contributed by atoms with Crippen molar-refractivity contribution in [1.82, 2.24) is 10.2 Å². The largest absolute Gasteiger partial charge is 0.480 e. The lowest BCUT2D eigenvalue weighted by Crippen LogP contribution is -2.46. The van der Waals surface area contributed by atoms with Crippen molar-refractivity contribution in [2.75, 3.05) is 13.6 Å². The van der Waals surface area contributed by atoms with Gasteiger partial charge in [-0.25, -0.2) is 9.59 Å². The first-order chi connectivity index (χ1) is 7.52. The molecule has 0 aliphatic heterocycles. The van der Waals surface area contributed by atoms with Crippen molar-refractivity contribution in [2.24, 2.45) is 0 Å². The van der Waals surface area contributed by atoms with Gasteiger partial charge in [0, 0.05) is 13.6 Å². The van der Waals surface area contributed by atoms with Gasteiger partial charge in [0.05, 0.1) is 0 Å². The van der Waals surface area contributed by atoms with Gasteiger partial charge in [-0.3, -0.25) is 0 Å². The van der Waals surface area contributed by atoms with Crippen LogP contribution in [-0.2, 0) is 4.79 Å². The first kappa shape index (κ1) is 14.5. The van der Waals surface area contributed by atoms with Gasteiger partial charge >= 0.3 is 12.0 Å². The first-order valence-corrected chi connectivity index (χ1v) is 5.38. The molecule has 2 amide bonds. The number of unbranched alkanes of at least 4 members (excludes halogenated alkanes) is 1. The number of carbonyl (C=O) groups is 2. The van der Waals surface area contributed by atoms with Crippen LogP contribution < -0.4 is 5.32 Å². The molecule has 0 rings (SSSR count). The van der Waals surface area contributed by atoms with E-state index in [1.54, 1.807) is 7.05 Å². The van der Waals surface area contributed by atoms with Crippen molar-refractivity contribution in [3.8, 4) is 0 Å². The minimum atomic E-state index is -1.04. The number of rotatable bonds is 7. The maximum atomic E-state index is 11.6. The maximum absolute atomic E-state index is 11.6. The molecular weight excluding hydrogens is 208 g/mol. The van der Waals surface area contributed by atoms with Crippen LogP contribution in [0.4, 0.5) is 4.79 Å². The topological polar surface area (TPSA) is 69.6 Å². The number of urea groups is 1. The summed E-state index contributed by atoms with van der Waals surface area (Å²) in [5.41, 5.74) is 0. The molecule has 0 bridgehead atoms. The summed E-state index contributed by atoms with van der Waals surface area (Å²) in [6, 6.07) is -1.25. The lowest BCUT2D eigenvalue weighted by Gasteiger charge is -2.20. The Morgan fingerprint density at radius 1 is 1.56 bits per heavy atom. The molecule has 0 fully saturated rings. The van der Waals surface area contributed by atoms with Gasteiger partial charge in [0.25, 0.3) is 0 Å². The zero-order valence-electron chi connectivity index (χ0n) is 9.90. The zero-order chi connectivity index (χ0) is 12.6. The summed E-state index contributed by atoms with van der Waals surface area (Å²) >= 11 is 0. The quantitative estimate of drug-likeness (QED) is 0.648. The Labute approximate surface area is 96.1 Å². The lowest BCUT2D eigenvalue weighted by molar-refractivity contribution is -0.139. The zero-order valence-corrected chi connectivity index (χ0v) is 9.90. The molecule has 1 atom stereocenters. The van der Waals surface area contributed by atoms with Crippen LogP contribution in [0.1, 0.15) is 26.2 Å². The van der Waals surface area contributed by atoms with Gasteiger partial charge in [-0.15, -0.1) is 6.58 Å². The molecule has 0 spiro atoms. The molecule has 5 heteroatoms. The Kier molecular flexibility index (Phi) is 7.00. The first-order valence-electron chi connectivity index (χ1n) is 5.38. The Balaban J connectivity index is 4.17. The van der Waals surface area contributed by atoms with Crippen LogP contribution in [0, 0.1) is 0 Å². The normalized spacial score (nSPS) is 11.6. The fourth-order valence-electron chi connectivity index (χ4n) is 1.14. The predicted molar refractivity (Wildman–Crippen MR) is 62.3 cm³/mol. The molecule has 0 aromatic rings. The van der Waals surface area contributed by atoms with Gasteiger partial charge in [0.1, 0.15) is 6.04 Å². The third kappa shape index (κ3) is 5.38. The number of carboxylic acid groups (broad SMARTS) is 1. The number of hydrogen-bond donors (Lipinski definition) is 2. The van der Waals surface area contributed by atoms with Gasteiger partial charge in [0.15, 0.2) is 0 Å². The van der Waals surface area contributed by atoms with Crippen LogP contribution in [0.2, 0.25) is 0 Å². The van der Waals surface area contributed by atoms with Crippen LogP contribution >= 0.6 is 0 Å². The van der Waals surface area contributed by atoms with E-state index in [-0.39, 0.29) is 12.5 Å². The van der Waals surface area contributed by atoms with Crippen molar-refractivity contribution in [3.05, 3.63) is 12.7 Å². The molecule has 0 saturated carbocycles. The van der Waals surface area contributed by atoms with Gasteiger partial charge in [-0.1, -0.05) is 19.4 Å². The molecule has 2 N–H and O–H groups in total. The number of carbonyl (C=O) groups excluding carboxylic acids is 1. The van der Waals surface area contributed by atoms with Crippen LogP contribution in [0.25, 0.3) is 0 Å². The van der Waals surface area contributed by atoms with E-state index in [0.29, 0.717) is 6.54 Å². The molecule has 5 nitrogen and oxygen atoms in total. The molecule has 16 heavy (non-hydrogen) atoms. The fraction of sp³-hybridized carbons (Fsp3) is 0.636. The molecule has 0 aromatic heterocycles. The minimum Gasteiger partial charge on any atom is -0.480 e. The van der Waals surface area contributed by atoms with Crippen molar-refractivity contribution in [3.63, 3.8) is 0 Å². The maximum Gasteiger partial charge on any atom is 0.326 e. The van der Waals surface area contributed by atoms with Gasteiger partial charge < -0.3 is 15.3 Å². The summed E-state index contributed by atoms with van der Waals surface area (Å²) < 4.78 is 0. The van der Waals surface area contributed by atoms with E-state index in [4.69, 9.17) is 5.11 Å². The third-order valence-electron chi connectivity index (χ3n) is 2.19. The molecule has 0 radical (unpaired) electrons. The summed E-state index contributed by atoms with van der Waals surface area (Å²) in [4.78, 5) is 23.8. The lowest BCUT2D eigenvalue weighted by atomic mass is 10.2. The summed E-state index contributed by atoms with van der Waals surface area (Å²) in [6.07, 6.45) is 3.60. The Morgan fingerprint density at radius 2 is 2.19 bits per heavy atom.